The van der Waals surface area contributed by atoms with Crippen molar-refractivity contribution < 1.29 is 34.3 Å². The third-order valence-corrected chi connectivity index (χ3v) is 6.73. The number of amides is 1. The van der Waals surface area contributed by atoms with E-state index in [1.807, 2.05) is 4.90 Å². The van der Waals surface area contributed by atoms with Crippen LogP contribution in [0.4, 0.5) is 10.7 Å². The van der Waals surface area contributed by atoms with E-state index in [9.17, 15) is 24.8 Å². The van der Waals surface area contributed by atoms with Crippen LogP contribution in [0, 0.1) is 16.0 Å². The Morgan fingerprint density at radius 2 is 2.14 bits per heavy atom. The van der Waals surface area contributed by atoms with Gasteiger partial charge in [0.1, 0.15) is 12.4 Å². The van der Waals surface area contributed by atoms with Crippen LogP contribution in [-0.2, 0) is 20.9 Å². The molecule has 4 heterocycles. The molecular formula is C20H25N7O8. The summed E-state index contributed by atoms with van der Waals surface area (Å²) in [6.07, 6.45) is 1.47. The van der Waals surface area contributed by atoms with Crippen molar-refractivity contribution in [1.29, 1.82) is 0 Å². The number of nitrogens with one attached hydrogen (secondary N) is 2. The molecule has 0 saturated carbocycles. The normalized spacial score (nSPS) is 28.3. The van der Waals surface area contributed by atoms with Gasteiger partial charge < -0.3 is 46.3 Å². The number of primary amides is 1. The predicted octanol–water partition coefficient (Wildman–Crippen LogP) is -1.70. The van der Waals surface area contributed by atoms with Crippen LogP contribution < -0.4 is 16.4 Å². The number of carboxylic acid groups (broad SMARTS) is 1. The number of allylic oxidation sites excluding steroid dienone is 2. The smallest absolute Gasteiger partial charge is 0.434 e. The van der Waals surface area contributed by atoms with Crippen LogP contribution in [0.25, 0.3) is 0 Å². The molecule has 2 saturated heterocycles. The fourth-order valence-electron chi connectivity index (χ4n) is 5.31. The predicted molar refractivity (Wildman–Crippen MR) is 117 cm³/mol. The molecule has 0 spiro atoms. The number of nitro groups is 1. The van der Waals surface area contributed by atoms with Gasteiger partial charge in [-0.2, -0.15) is 0 Å². The minimum absolute atomic E-state index is 0.0562. The van der Waals surface area contributed by atoms with Crippen molar-refractivity contribution in [2.24, 2.45) is 11.7 Å². The average Bonchev–Trinajstić information content (AvgIpc) is 3.17. The molecule has 2 fully saturated rings. The van der Waals surface area contributed by atoms with Gasteiger partial charge in [-0.3, -0.25) is 9.59 Å². The summed E-state index contributed by atoms with van der Waals surface area (Å²) in [5, 5.41) is 34.7. The molecule has 4 atom stereocenters. The maximum atomic E-state index is 13.4. The Balaban J connectivity index is 0.000000672. The first-order valence-electron chi connectivity index (χ1n) is 10.7. The number of carbonyl (C=O) groups excluding carboxylic acids is 2. The molecule has 0 aromatic carbocycles. The van der Waals surface area contributed by atoms with Crippen LogP contribution in [0.5, 0.6) is 0 Å². The van der Waals surface area contributed by atoms with E-state index in [-0.39, 0.29) is 66.1 Å². The highest BCUT2D eigenvalue weighted by Gasteiger charge is 2.72. The Hall–Kier alpha value is -3.82. The number of piperazine rings is 1. The van der Waals surface area contributed by atoms with Gasteiger partial charge in [-0.15, -0.1) is 0 Å². The number of hydrogen-bond donors (Lipinski definition) is 5. The summed E-state index contributed by atoms with van der Waals surface area (Å²) in [6, 6.07) is 0.111. The number of hydrogen-bond acceptors (Lipinski definition) is 11. The van der Waals surface area contributed by atoms with Crippen LogP contribution in [0.15, 0.2) is 34.9 Å². The Morgan fingerprint density at radius 1 is 1.46 bits per heavy atom. The topological polar surface area (TPSA) is 225 Å². The number of aromatic nitrogens is 2. The highest BCUT2D eigenvalue weighted by molar-refractivity contribution is 6.25. The number of nitrogens with two attached hydrogens (primary N) is 1. The summed E-state index contributed by atoms with van der Waals surface area (Å²) in [5.74, 6) is -1.58. The fraction of sp³-hybridized carbons (Fsp3) is 0.500. The summed E-state index contributed by atoms with van der Waals surface area (Å²) in [7, 11) is 1.53. The molecule has 3 aliphatic heterocycles. The van der Waals surface area contributed by atoms with Gasteiger partial charge in [-0.25, -0.2) is 9.36 Å². The number of aliphatic hydroxyl groups is 1. The molecule has 4 aliphatic rings. The van der Waals surface area contributed by atoms with Crippen LogP contribution in [0.2, 0.25) is 0 Å². The number of methoxy groups -OCH3 is 1. The van der Waals surface area contributed by atoms with Gasteiger partial charge >= 0.3 is 12.0 Å². The molecule has 15 heteroatoms. The van der Waals surface area contributed by atoms with Crippen molar-refractivity contribution in [1.82, 2.24) is 25.1 Å². The van der Waals surface area contributed by atoms with Crippen molar-refractivity contribution in [3.05, 3.63) is 45.0 Å². The number of nitrogens with zero attached hydrogens (tertiary/aromatic N) is 4. The second kappa shape index (κ2) is 8.75. The number of aliphatic hydroxyl groups excluding tert-OH is 1. The molecule has 6 N–H and O–H groups in total. The minimum Gasteiger partial charge on any atom is -0.465 e. The van der Waals surface area contributed by atoms with Crippen molar-refractivity contribution >= 4 is 23.6 Å². The second-order valence-corrected chi connectivity index (χ2v) is 8.42. The van der Waals surface area contributed by atoms with E-state index in [0.29, 0.717) is 12.2 Å². The van der Waals surface area contributed by atoms with Gasteiger partial charge in [-0.05, 0) is 11.8 Å². The molecule has 15 nitrogen and oxygen atoms in total. The zero-order valence-electron chi connectivity index (χ0n) is 18.9. The molecule has 1 aromatic rings. The Labute approximate surface area is 198 Å². The van der Waals surface area contributed by atoms with E-state index in [2.05, 4.69) is 21.4 Å². The van der Waals surface area contributed by atoms with Crippen LogP contribution in [0.1, 0.15) is 6.92 Å². The largest absolute Gasteiger partial charge is 0.465 e. The van der Waals surface area contributed by atoms with E-state index in [1.54, 1.807) is 6.92 Å². The molecule has 0 radical (unpaired) electrons. The van der Waals surface area contributed by atoms with E-state index in [0.717, 1.165) is 0 Å². The zero-order valence-corrected chi connectivity index (χ0v) is 18.9. The molecule has 188 valence electrons. The first-order chi connectivity index (χ1) is 16.6. The molecule has 4 unspecified atom stereocenters. The summed E-state index contributed by atoms with van der Waals surface area (Å²) < 4.78 is 7.20. The van der Waals surface area contributed by atoms with Crippen LogP contribution in [0.3, 0.4) is 0 Å². The Bertz CT molecular complexity index is 1170. The van der Waals surface area contributed by atoms with Crippen molar-refractivity contribution in [3.63, 3.8) is 0 Å². The monoisotopic (exact) mass is 491 g/mol. The molecular weight excluding hydrogens is 466 g/mol. The van der Waals surface area contributed by atoms with E-state index in [4.69, 9.17) is 14.6 Å². The number of ketones is 2. The molecule has 35 heavy (non-hydrogen) atoms. The number of Topliss-reactive ketones (excluding diaryl/α,β-unsaturated/α-hetero) is 2. The lowest BCUT2D eigenvalue weighted by Crippen LogP contribution is -2.54. The fourth-order valence-corrected chi connectivity index (χ4v) is 5.31. The van der Waals surface area contributed by atoms with E-state index < -0.39 is 22.7 Å². The van der Waals surface area contributed by atoms with E-state index >= 15 is 0 Å². The summed E-state index contributed by atoms with van der Waals surface area (Å²) in [4.78, 5) is 51.4. The minimum atomic E-state index is -1.33. The standard InChI is InChI=1S/C19H22N6O6.CH3NO2/c1-9-13(20-3-5-23-6-4-21-18(23)25(29)30)16(28)12-10(8-26)19(31-2)17-11(22-17)7-24(19)14(12)15(9)27;2-1(3)4/h4,6,10-11,17,20,22,26H,3,5,7-8H2,1-2H3;2H2,(H,3,4). The maximum absolute atomic E-state index is 13.4. The summed E-state index contributed by atoms with van der Waals surface area (Å²) >= 11 is 0. The average molecular weight is 491 g/mol. The summed E-state index contributed by atoms with van der Waals surface area (Å²) in [6.45, 7) is 2.15. The molecule has 1 aromatic heterocycles. The van der Waals surface area contributed by atoms with Crippen LogP contribution in [-0.4, -0.2) is 91.9 Å². The number of carbonyl (C=O) groups is 3. The van der Waals surface area contributed by atoms with Gasteiger partial charge in [-0.1, -0.05) is 4.98 Å². The molecule has 1 amide bonds. The lowest BCUT2D eigenvalue weighted by molar-refractivity contribution is -0.396. The lowest BCUT2D eigenvalue weighted by atomic mass is 9.82. The van der Waals surface area contributed by atoms with Gasteiger partial charge in [0.05, 0.1) is 36.5 Å². The van der Waals surface area contributed by atoms with Gasteiger partial charge in [0.25, 0.3) is 0 Å². The van der Waals surface area contributed by atoms with Crippen molar-refractivity contribution in [2.75, 3.05) is 26.8 Å². The van der Waals surface area contributed by atoms with Gasteiger partial charge in [0.2, 0.25) is 11.6 Å². The van der Waals surface area contributed by atoms with Crippen molar-refractivity contribution in [3.8, 4) is 0 Å². The van der Waals surface area contributed by atoms with E-state index in [1.165, 1.54) is 24.1 Å². The second-order valence-electron chi connectivity index (χ2n) is 8.42. The first-order valence-corrected chi connectivity index (χ1v) is 10.7. The van der Waals surface area contributed by atoms with Crippen LogP contribution >= 0.6 is 0 Å². The molecule has 1 aliphatic carbocycles. The number of rotatable bonds is 7. The first kappa shape index (κ1) is 24.3. The quantitative estimate of drug-likeness (QED) is 0.125. The summed E-state index contributed by atoms with van der Waals surface area (Å²) in [5.41, 5.74) is 4.08. The third kappa shape index (κ3) is 3.64. The number of fused-ring (bicyclic) bond motifs is 4. The highest BCUT2D eigenvalue weighted by Crippen LogP contribution is 2.55. The Morgan fingerprint density at radius 3 is 2.74 bits per heavy atom. The number of imidazole rings is 1. The third-order valence-electron chi connectivity index (χ3n) is 6.73. The van der Waals surface area contributed by atoms with Gasteiger partial charge in [0, 0.05) is 37.4 Å². The lowest BCUT2D eigenvalue weighted by Gasteiger charge is -2.39. The van der Waals surface area contributed by atoms with Crippen molar-refractivity contribution in [2.45, 2.75) is 31.3 Å². The Kier molecular flexibility index (Phi) is 6.08. The molecule has 0 bridgehead atoms. The highest BCUT2D eigenvalue weighted by atomic mass is 16.6. The number of ether oxygens (including phenoxy) is 1. The zero-order chi connectivity index (χ0) is 25.7. The van der Waals surface area contributed by atoms with Gasteiger partial charge in [0.15, 0.2) is 5.72 Å². The molecule has 5 rings (SSSR count). The SMILES string of the molecule is COC12C(CO)C3=C(C(=O)C(C)=C(NCCn4ccnc4[N+](=O)[O-])C3=O)N1CC1NC12.NC(=O)O. The maximum Gasteiger partial charge on any atom is 0.434 e.